The van der Waals surface area contributed by atoms with Crippen molar-refractivity contribution in [3.05, 3.63) is 77.1 Å². The molecule has 3 nitrogen and oxygen atoms in total. The minimum Gasteiger partial charge on any atom is -0.352 e. The number of rotatable bonds is 8. The van der Waals surface area contributed by atoms with Gasteiger partial charge in [0.1, 0.15) is 12.1 Å². The maximum atomic E-state index is 4.69. The number of unbranched alkanes of at least 4 members (excludes halogenated alkanes) is 1. The van der Waals surface area contributed by atoms with E-state index >= 15 is 0 Å². The normalized spacial score (nSPS) is 10.9. The lowest BCUT2D eigenvalue weighted by Crippen LogP contribution is -2.26. The molecule has 0 aliphatic carbocycles. The molecule has 0 atom stereocenters. The Balaban J connectivity index is 1.95. The molecule has 0 N–H and O–H groups in total. The van der Waals surface area contributed by atoms with Crippen molar-refractivity contribution in [3.8, 4) is 11.3 Å². The fourth-order valence-corrected chi connectivity index (χ4v) is 3.54. The van der Waals surface area contributed by atoms with Gasteiger partial charge >= 0.3 is 0 Å². The number of aromatic nitrogens is 2. The third kappa shape index (κ3) is 4.78. The van der Waals surface area contributed by atoms with Crippen molar-refractivity contribution in [1.29, 1.82) is 0 Å². The lowest BCUT2D eigenvalue weighted by molar-refractivity contribution is 0.704. The molecule has 0 radical (unpaired) electrons. The van der Waals surface area contributed by atoms with Gasteiger partial charge in [0.2, 0.25) is 0 Å². The number of hydrogen-bond donors (Lipinski definition) is 0. The Morgan fingerprint density at radius 2 is 1.64 bits per heavy atom. The molecule has 0 aliphatic rings. The number of anilines is 1. The van der Waals surface area contributed by atoms with E-state index in [0.29, 0.717) is 0 Å². The zero-order chi connectivity index (χ0) is 19.9. The average molecular weight is 374 g/mol. The van der Waals surface area contributed by atoms with Crippen LogP contribution in [0.5, 0.6) is 0 Å². The van der Waals surface area contributed by atoms with Gasteiger partial charge in [-0.25, -0.2) is 9.97 Å². The van der Waals surface area contributed by atoms with Crippen LogP contribution in [0.15, 0.2) is 54.9 Å². The molecule has 0 fully saturated rings. The van der Waals surface area contributed by atoms with Crippen molar-refractivity contribution in [2.24, 2.45) is 0 Å². The summed E-state index contributed by atoms with van der Waals surface area (Å²) in [5.41, 5.74) is 7.30. The second-order valence-electron chi connectivity index (χ2n) is 7.49. The first-order valence-electron chi connectivity index (χ1n) is 10.3. The van der Waals surface area contributed by atoms with E-state index in [9.17, 15) is 0 Å². The van der Waals surface area contributed by atoms with Gasteiger partial charge in [-0.05, 0) is 37.8 Å². The molecular formula is C25H31N3. The summed E-state index contributed by atoms with van der Waals surface area (Å²) in [6.45, 7) is 10.6. The van der Waals surface area contributed by atoms with Crippen molar-refractivity contribution >= 4 is 5.82 Å². The van der Waals surface area contributed by atoms with Crippen LogP contribution in [-0.4, -0.2) is 16.5 Å². The topological polar surface area (TPSA) is 29.0 Å². The first-order valence-corrected chi connectivity index (χ1v) is 10.3. The van der Waals surface area contributed by atoms with Crippen LogP contribution < -0.4 is 4.90 Å². The monoisotopic (exact) mass is 373 g/mol. The van der Waals surface area contributed by atoms with E-state index in [4.69, 9.17) is 0 Å². The molecule has 0 spiro atoms. The van der Waals surface area contributed by atoms with Crippen LogP contribution in [0, 0.1) is 13.8 Å². The minimum atomic E-state index is 0.874. The minimum absolute atomic E-state index is 0.874. The predicted octanol–water partition coefficient (Wildman–Crippen LogP) is 6.13. The summed E-state index contributed by atoms with van der Waals surface area (Å²) in [5, 5.41) is 0. The van der Waals surface area contributed by atoms with E-state index in [2.05, 4.69) is 91.1 Å². The lowest BCUT2D eigenvalue weighted by atomic mass is 10.0. The highest BCUT2D eigenvalue weighted by atomic mass is 15.2. The van der Waals surface area contributed by atoms with Gasteiger partial charge in [-0.3, -0.25) is 0 Å². The van der Waals surface area contributed by atoms with Crippen LogP contribution in [0.2, 0.25) is 0 Å². The Hall–Kier alpha value is -2.68. The lowest BCUT2D eigenvalue weighted by Gasteiger charge is -2.26. The van der Waals surface area contributed by atoms with E-state index in [-0.39, 0.29) is 0 Å². The van der Waals surface area contributed by atoms with Gasteiger partial charge < -0.3 is 4.90 Å². The fraction of sp³-hybridized carbons (Fsp3) is 0.360. The molecule has 3 aromatic rings. The average Bonchev–Trinajstić information content (AvgIpc) is 2.72. The number of aryl methyl sites for hydroxylation is 2. The third-order valence-corrected chi connectivity index (χ3v) is 5.24. The van der Waals surface area contributed by atoms with Gasteiger partial charge in [-0.15, -0.1) is 0 Å². The Bertz CT molecular complexity index is 900. The van der Waals surface area contributed by atoms with E-state index in [0.717, 1.165) is 48.6 Å². The summed E-state index contributed by atoms with van der Waals surface area (Å²) in [5.74, 6) is 1.04. The van der Waals surface area contributed by atoms with E-state index in [1.54, 1.807) is 6.33 Å². The Kier molecular flexibility index (Phi) is 6.80. The van der Waals surface area contributed by atoms with E-state index < -0.39 is 0 Å². The molecule has 3 heteroatoms. The quantitative estimate of drug-likeness (QED) is 0.475. The number of benzene rings is 2. The molecule has 0 aliphatic heterocycles. The van der Waals surface area contributed by atoms with Crippen molar-refractivity contribution < 1.29 is 0 Å². The van der Waals surface area contributed by atoms with Crippen molar-refractivity contribution in [2.75, 3.05) is 11.4 Å². The van der Waals surface area contributed by atoms with Crippen molar-refractivity contribution in [3.63, 3.8) is 0 Å². The molecule has 0 amide bonds. The second-order valence-corrected chi connectivity index (χ2v) is 7.49. The molecule has 1 heterocycles. The summed E-state index contributed by atoms with van der Waals surface area (Å²) in [4.78, 5) is 11.7. The second kappa shape index (κ2) is 9.50. The van der Waals surface area contributed by atoms with Crippen LogP contribution in [0.25, 0.3) is 11.3 Å². The van der Waals surface area contributed by atoms with Gasteiger partial charge in [-0.2, -0.15) is 0 Å². The van der Waals surface area contributed by atoms with Gasteiger partial charge in [0.25, 0.3) is 0 Å². The summed E-state index contributed by atoms with van der Waals surface area (Å²) in [7, 11) is 0. The zero-order valence-electron chi connectivity index (χ0n) is 17.6. The molecule has 3 rings (SSSR count). The highest BCUT2D eigenvalue weighted by Crippen LogP contribution is 2.28. The Morgan fingerprint density at radius 1 is 0.893 bits per heavy atom. The molecule has 28 heavy (non-hydrogen) atoms. The SMILES string of the molecule is CCCCN(Cc1cccc(CC)c1)c1ncnc(-c2ccc(C)cc2)c1C. The summed E-state index contributed by atoms with van der Waals surface area (Å²) < 4.78 is 0. The van der Waals surface area contributed by atoms with Crippen molar-refractivity contribution in [1.82, 2.24) is 9.97 Å². The van der Waals surface area contributed by atoms with E-state index in [1.165, 1.54) is 23.1 Å². The predicted molar refractivity (Wildman–Crippen MR) is 119 cm³/mol. The number of nitrogens with zero attached hydrogens (tertiary/aromatic N) is 3. The van der Waals surface area contributed by atoms with Crippen LogP contribution >= 0.6 is 0 Å². The molecule has 0 saturated heterocycles. The van der Waals surface area contributed by atoms with Crippen LogP contribution in [0.3, 0.4) is 0 Å². The maximum absolute atomic E-state index is 4.69. The molecule has 0 saturated carbocycles. The van der Waals surface area contributed by atoms with Crippen molar-refractivity contribution in [2.45, 2.75) is 53.5 Å². The summed E-state index contributed by atoms with van der Waals surface area (Å²) >= 11 is 0. The summed E-state index contributed by atoms with van der Waals surface area (Å²) in [6.07, 6.45) is 5.09. The largest absolute Gasteiger partial charge is 0.352 e. The summed E-state index contributed by atoms with van der Waals surface area (Å²) in [6, 6.07) is 17.5. The molecule has 0 bridgehead atoms. The molecule has 146 valence electrons. The van der Waals surface area contributed by atoms with Gasteiger partial charge in [0.05, 0.1) is 5.69 Å². The van der Waals surface area contributed by atoms with Crippen LogP contribution in [0.1, 0.15) is 48.9 Å². The maximum Gasteiger partial charge on any atom is 0.135 e. The Morgan fingerprint density at radius 3 is 2.36 bits per heavy atom. The first kappa shape index (κ1) is 20.1. The van der Waals surface area contributed by atoms with Gasteiger partial charge in [-0.1, -0.05) is 74.4 Å². The van der Waals surface area contributed by atoms with Crippen LogP contribution in [-0.2, 0) is 13.0 Å². The standard InChI is InChI=1S/C25H31N3/c1-5-7-15-28(17-22-10-8-9-21(6-2)16-22)25-20(4)24(26-18-27-25)23-13-11-19(3)12-14-23/h8-14,16,18H,5-7,15,17H2,1-4H3. The third-order valence-electron chi connectivity index (χ3n) is 5.24. The Labute approximate surface area is 169 Å². The molecule has 1 aromatic heterocycles. The van der Waals surface area contributed by atoms with Gasteiger partial charge in [0, 0.05) is 24.2 Å². The molecule has 0 unspecified atom stereocenters. The smallest absolute Gasteiger partial charge is 0.135 e. The fourth-order valence-electron chi connectivity index (χ4n) is 3.54. The van der Waals surface area contributed by atoms with Gasteiger partial charge in [0.15, 0.2) is 0 Å². The molecule has 2 aromatic carbocycles. The first-order chi connectivity index (χ1) is 13.6. The number of hydrogen-bond acceptors (Lipinski definition) is 3. The van der Waals surface area contributed by atoms with E-state index in [1.807, 2.05) is 0 Å². The highest BCUT2D eigenvalue weighted by molar-refractivity contribution is 5.68. The molecular weight excluding hydrogens is 342 g/mol. The highest BCUT2D eigenvalue weighted by Gasteiger charge is 2.16. The van der Waals surface area contributed by atoms with Crippen LogP contribution in [0.4, 0.5) is 5.82 Å². The zero-order valence-corrected chi connectivity index (χ0v) is 17.6.